The quantitative estimate of drug-likeness (QED) is 0.314. The van der Waals surface area contributed by atoms with Gasteiger partial charge in [-0.2, -0.15) is 0 Å². The van der Waals surface area contributed by atoms with Crippen LogP contribution in [0.3, 0.4) is 0 Å². The van der Waals surface area contributed by atoms with Gasteiger partial charge in [-0.05, 0) is 54.8 Å². The van der Waals surface area contributed by atoms with Crippen molar-refractivity contribution in [2.75, 3.05) is 27.4 Å². The molecule has 158 valence electrons. The van der Waals surface area contributed by atoms with Crippen molar-refractivity contribution in [2.45, 2.75) is 19.4 Å². The number of likely N-dealkylation sites (tertiary alicyclic amines) is 1. The van der Waals surface area contributed by atoms with Gasteiger partial charge in [0.15, 0.2) is 0 Å². The van der Waals surface area contributed by atoms with Crippen molar-refractivity contribution in [1.29, 1.82) is 0 Å². The Kier molecular flexibility index (Phi) is 6.42. The Morgan fingerprint density at radius 3 is 2.40 bits per heavy atom. The van der Waals surface area contributed by atoms with Crippen LogP contribution in [0.4, 0.5) is 0 Å². The first-order chi connectivity index (χ1) is 14.4. The molecule has 1 aliphatic heterocycles. The molecule has 0 aliphatic carbocycles. The largest absolute Gasteiger partial charge is 0.508 e. The van der Waals surface area contributed by atoms with Crippen molar-refractivity contribution in [3.8, 4) is 11.5 Å². The molecule has 1 unspecified atom stereocenters. The van der Waals surface area contributed by atoms with Crippen molar-refractivity contribution in [3.63, 3.8) is 0 Å². The van der Waals surface area contributed by atoms with E-state index in [4.69, 9.17) is 9.47 Å². The van der Waals surface area contributed by atoms with E-state index in [9.17, 15) is 19.8 Å². The van der Waals surface area contributed by atoms with Gasteiger partial charge in [-0.25, -0.2) is 0 Å². The summed E-state index contributed by atoms with van der Waals surface area (Å²) < 4.78 is 10.3. The summed E-state index contributed by atoms with van der Waals surface area (Å²) in [4.78, 5) is 27.2. The molecule has 2 aromatic carbocycles. The van der Waals surface area contributed by atoms with Crippen LogP contribution in [0.1, 0.15) is 29.2 Å². The second-order valence-corrected chi connectivity index (χ2v) is 7.11. The summed E-state index contributed by atoms with van der Waals surface area (Å²) in [5.74, 6) is -0.948. The highest BCUT2D eigenvalue weighted by Crippen LogP contribution is 2.40. The molecule has 1 atom stereocenters. The Morgan fingerprint density at radius 1 is 1.10 bits per heavy atom. The van der Waals surface area contributed by atoms with Gasteiger partial charge in [0.1, 0.15) is 17.3 Å². The van der Waals surface area contributed by atoms with Crippen LogP contribution in [-0.2, 0) is 14.3 Å². The lowest BCUT2D eigenvalue weighted by atomic mass is 9.94. The molecule has 1 amide bonds. The molecule has 2 aromatic rings. The van der Waals surface area contributed by atoms with Crippen molar-refractivity contribution < 1.29 is 29.3 Å². The number of aliphatic hydroxyl groups is 1. The minimum absolute atomic E-state index is 0.0244. The Bertz CT molecular complexity index is 980. The average Bonchev–Trinajstić information content (AvgIpc) is 2.99. The van der Waals surface area contributed by atoms with Crippen LogP contribution in [0, 0.1) is 6.92 Å². The van der Waals surface area contributed by atoms with Crippen LogP contribution in [0.2, 0.25) is 0 Å². The van der Waals surface area contributed by atoms with Crippen LogP contribution in [0.15, 0.2) is 48.0 Å². The number of aromatic hydroxyl groups is 1. The van der Waals surface area contributed by atoms with Crippen molar-refractivity contribution in [3.05, 3.63) is 64.7 Å². The zero-order valence-electron chi connectivity index (χ0n) is 17.2. The number of amides is 1. The third-order valence-corrected chi connectivity index (χ3v) is 5.18. The van der Waals surface area contributed by atoms with Crippen LogP contribution < -0.4 is 4.74 Å². The summed E-state index contributed by atoms with van der Waals surface area (Å²) in [5, 5.41) is 20.7. The lowest BCUT2D eigenvalue weighted by Crippen LogP contribution is -2.31. The fourth-order valence-corrected chi connectivity index (χ4v) is 3.67. The fraction of sp³-hybridized carbons (Fsp3) is 0.304. The minimum Gasteiger partial charge on any atom is -0.508 e. The van der Waals surface area contributed by atoms with Gasteiger partial charge in [0, 0.05) is 25.8 Å². The SMILES string of the molecule is COCCCN1C(=O)C(=O)/C(=C(\O)c2ccc(OC)cc2C)C1c1ccc(O)cc1. The lowest BCUT2D eigenvalue weighted by molar-refractivity contribution is -0.140. The number of phenols is 1. The number of benzene rings is 2. The van der Waals surface area contributed by atoms with Gasteiger partial charge in [0.2, 0.25) is 0 Å². The third-order valence-electron chi connectivity index (χ3n) is 5.18. The number of methoxy groups -OCH3 is 2. The van der Waals surface area contributed by atoms with Crippen LogP contribution >= 0.6 is 0 Å². The molecule has 0 bridgehead atoms. The van der Waals surface area contributed by atoms with Gasteiger partial charge in [-0.1, -0.05) is 12.1 Å². The molecule has 0 radical (unpaired) electrons. The summed E-state index contributed by atoms with van der Waals surface area (Å²) in [6.07, 6.45) is 0.541. The molecule has 0 saturated carbocycles. The minimum atomic E-state index is -0.760. The second kappa shape index (κ2) is 9.00. The molecule has 0 spiro atoms. The Morgan fingerprint density at radius 2 is 1.80 bits per heavy atom. The van der Waals surface area contributed by atoms with E-state index < -0.39 is 17.7 Å². The number of hydrogen-bond acceptors (Lipinski definition) is 6. The van der Waals surface area contributed by atoms with E-state index in [1.165, 1.54) is 17.0 Å². The molecule has 7 nitrogen and oxygen atoms in total. The number of carbonyl (C=O) groups is 2. The van der Waals surface area contributed by atoms with Gasteiger partial charge < -0.3 is 24.6 Å². The number of ether oxygens (including phenoxy) is 2. The predicted octanol–water partition coefficient (Wildman–Crippen LogP) is 3.17. The number of Topliss-reactive ketones (excluding diaryl/α,β-unsaturated/α-hetero) is 1. The van der Waals surface area contributed by atoms with Crippen LogP contribution in [-0.4, -0.2) is 54.2 Å². The maximum Gasteiger partial charge on any atom is 0.295 e. The topological polar surface area (TPSA) is 96.3 Å². The van der Waals surface area contributed by atoms with E-state index in [1.807, 2.05) is 0 Å². The number of aliphatic hydroxyl groups excluding tert-OH is 1. The molecular formula is C23H25NO6. The molecule has 3 rings (SSSR count). The van der Waals surface area contributed by atoms with Gasteiger partial charge in [0.05, 0.1) is 18.7 Å². The van der Waals surface area contributed by atoms with Crippen molar-refractivity contribution >= 4 is 17.4 Å². The maximum atomic E-state index is 12.9. The highest BCUT2D eigenvalue weighted by molar-refractivity contribution is 6.46. The van der Waals surface area contributed by atoms with E-state index >= 15 is 0 Å². The summed E-state index contributed by atoms with van der Waals surface area (Å²) in [6.45, 7) is 2.52. The van der Waals surface area contributed by atoms with E-state index in [1.54, 1.807) is 51.5 Å². The monoisotopic (exact) mass is 411 g/mol. The Hall–Kier alpha value is -3.32. The molecule has 7 heteroatoms. The number of rotatable bonds is 7. The summed E-state index contributed by atoms with van der Waals surface area (Å²) >= 11 is 0. The molecule has 1 saturated heterocycles. The molecule has 0 aromatic heterocycles. The molecule has 1 fully saturated rings. The van der Waals surface area contributed by atoms with Gasteiger partial charge in [-0.15, -0.1) is 0 Å². The molecule has 1 heterocycles. The highest BCUT2D eigenvalue weighted by Gasteiger charge is 2.45. The summed E-state index contributed by atoms with van der Waals surface area (Å²) in [6, 6.07) is 10.6. The fourth-order valence-electron chi connectivity index (χ4n) is 3.67. The van der Waals surface area contributed by atoms with Crippen molar-refractivity contribution in [1.82, 2.24) is 4.90 Å². The average molecular weight is 411 g/mol. The van der Waals surface area contributed by atoms with Gasteiger partial charge in [-0.3, -0.25) is 9.59 Å². The number of aryl methyl sites for hydroxylation is 1. The lowest BCUT2D eigenvalue weighted by Gasteiger charge is -2.25. The van der Waals surface area contributed by atoms with E-state index in [2.05, 4.69) is 0 Å². The second-order valence-electron chi connectivity index (χ2n) is 7.11. The molecule has 1 aliphatic rings. The van der Waals surface area contributed by atoms with Gasteiger partial charge in [0.25, 0.3) is 11.7 Å². The van der Waals surface area contributed by atoms with E-state index in [0.29, 0.717) is 42.0 Å². The first kappa shape index (κ1) is 21.4. The standard InChI is InChI=1S/C23H25NO6/c1-14-13-17(30-3)9-10-18(14)21(26)19-20(15-5-7-16(25)8-6-15)24(11-4-12-29-2)23(28)22(19)27/h5-10,13,20,25-26H,4,11-12H2,1-3H3/b21-19-. The van der Waals surface area contributed by atoms with E-state index in [-0.39, 0.29) is 17.1 Å². The highest BCUT2D eigenvalue weighted by atomic mass is 16.5. The molecule has 2 N–H and O–H groups in total. The van der Waals surface area contributed by atoms with Crippen LogP contribution in [0.5, 0.6) is 11.5 Å². The Labute approximate surface area is 175 Å². The zero-order valence-corrected chi connectivity index (χ0v) is 17.2. The first-order valence-electron chi connectivity index (χ1n) is 9.60. The molecule has 30 heavy (non-hydrogen) atoms. The number of carbonyl (C=O) groups excluding carboxylic acids is 2. The zero-order chi connectivity index (χ0) is 21.8. The molecular weight excluding hydrogens is 386 g/mol. The van der Waals surface area contributed by atoms with Gasteiger partial charge >= 0.3 is 0 Å². The normalized spacial score (nSPS) is 18.1. The van der Waals surface area contributed by atoms with E-state index in [0.717, 1.165) is 0 Å². The van der Waals surface area contributed by atoms with Crippen LogP contribution in [0.25, 0.3) is 5.76 Å². The number of hydrogen-bond donors (Lipinski definition) is 2. The first-order valence-corrected chi connectivity index (χ1v) is 9.60. The van der Waals surface area contributed by atoms with Crippen molar-refractivity contribution in [2.24, 2.45) is 0 Å². The summed E-state index contributed by atoms with van der Waals surface area (Å²) in [5.41, 5.74) is 1.81. The summed E-state index contributed by atoms with van der Waals surface area (Å²) in [7, 11) is 3.11. The number of nitrogens with zero attached hydrogens (tertiary/aromatic N) is 1. The maximum absolute atomic E-state index is 12.9. The third kappa shape index (κ3) is 4.02. The smallest absolute Gasteiger partial charge is 0.295 e. The Balaban J connectivity index is 2.13. The number of ketones is 1. The number of phenolic OH excluding ortho intramolecular Hbond substituents is 1. The predicted molar refractivity (Wildman–Crippen MR) is 111 cm³/mol.